The van der Waals surface area contributed by atoms with Crippen molar-refractivity contribution in [2.45, 2.75) is 6.42 Å². The smallest absolute Gasteiger partial charge is 0.305 e. The molecule has 0 radical (unpaired) electrons. The Hall–Kier alpha value is -2.70. The third kappa shape index (κ3) is 3.15. The van der Waals surface area contributed by atoms with Gasteiger partial charge in [0.05, 0.1) is 16.9 Å². The summed E-state index contributed by atoms with van der Waals surface area (Å²) in [6.07, 6.45) is -0.0000212. The van der Waals surface area contributed by atoms with Crippen molar-refractivity contribution in [3.05, 3.63) is 40.4 Å². The summed E-state index contributed by atoms with van der Waals surface area (Å²) < 4.78 is 0. The van der Waals surface area contributed by atoms with Crippen LogP contribution in [0.1, 0.15) is 6.42 Å². The van der Waals surface area contributed by atoms with Crippen molar-refractivity contribution in [3.8, 4) is 0 Å². The maximum Gasteiger partial charge on any atom is 0.305 e. The molecule has 2 rings (SSSR count). The maximum absolute atomic E-state index is 10.6. The number of carboxylic acid groups (broad SMARTS) is 1. The standard InChI is InChI=1S/C12H11N3O4/c16-12(17)5-6-13-11-4-1-8-7-9(15(18)19)2-3-10(8)14-11/h1-4,7H,5-6H2,(H,13,14)(H,16,17). The van der Waals surface area contributed by atoms with Crippen LogP contribution in [0.25, 0.3) is 10.9 Å². The van der Waals surface area contributed by atoms with Crippen molar-refractivity contribution in [3.63, 3.8) is 0 Å². The second-order valence-corrected chi connectivity index (χ2v) is 3.90. The molecule has 98 valence electrons. The highest BCUT2D eigenvalue weighted by molar-refractivity contribution is 5.82. The molecule has 2 aromatic rings. The van der Waals surface area contributed by atoms with Crippen molar-refractivity contribution < 1.29 is 14.8 Å². The number of nitro benzene ring substituents is 1. The minimum absolute atomic E-state index is 0.0000212. The van der Waals surface area contributed by atoms with Crippen molar-refractivity contribution in [1.29, 1.82) is 0 Å². The van der Waals surface area contributed by atoms with Crippen LogP contribution < -0.4 is 5.32 Å². The molecule has 0 saturated carbocycles. The Morgan fingerprint density at radius 3 is 2.84 bits per heavy atom. The van der Waals surface area contributed by atoms with Gasteiger partial charge in [0, 0.05) is 24.1 Å². The molecule has 0 unspecified atom stereocenters. The van der Waals surface area contributed by atoms with Gasteiger partial charge in [0.2, 0.25) is 0 Å². The largest absolute Gasteiger partial charge is 0.481 e. The van der Waals surface area contributed by atoms with Crippen LogP contribution in [0.4, 0.5) is 11.5 Å². The summed E-state index contributed by atoms with van der Waals surface area (Å²) in [5.74, 6) is -0.341. The van der Waals surface area contributed by atoms with E-state index in [0.717, 1.165) is 0 Å². The van der Waals surface area contributed by atoms with E-state index in [1.54, 1.807) is 18.2 Å². The third-order valence-corrected chi connectivity index (χ3v) is 2.53. The lowest BCUT2D eigenvalue weighted by Crippen LogP contribution is -2.08. The van der Waals surface area contributed by atoms with Crippen molar-refractivity contribution in [2.24, 2.45) is 0 Å². The molecule has 0 spiro atoms. The Kier molecular flexibility index (Phi) is 3.56. The number of nitrogens with one attached hydrogen (secondary N) is 1. The zero-order valence-electron chi connectivity index (χ0n) is 9.87. The lowest BCUT2D eigenvalue weighted by Gasteiger charge is -2.05. The molecule has 0 fully saturated rings. The number of pyridine rings is 1. The van der Waals surface area contributed by atoms with Crippen LogP contribution in [-0.2, 0) is 4.79 Å². The molecule has 0 saturated heterocycles. The van der Waals surface area contributed by atoms with Gasteiger partial charge in [0.1, 0.15) is 5.82 Å². The van der Waals surface area contributed by atoms with Crippen LogP contribution in [0, 0.1) is 10.1 Å². The van der Waals surface area contributed by atoms with Crippen molar-refractivity contribution >= 4 is 28.4 Å². The Balaban J connectivity index is 2.19. The van der Waals surface area contributed by atoms with Gasteiger partial charge in [-0.15, -0.1) is 0 Å². The normalized spacial score (nSPS) is 10.3. The number of aliphatic carboxylic acids is 1. The van der Waals surface area contributed by atoms with E-state index in [2.05, 4.69) is 10.3 Å². The summed E-state index contributed by atoms with van der Waals surface area (Å²) in [5.41, 5.74) is 0.631. The third-order valence-electron chi connectivity index (χ3n) is 2.53. The zero-order valence-corrected chi connectivity index (χ0v) is 9.87. The zero-order chi connectivity index (χ0) is 13.8. The summed E-state index contributed by atoms with van der Waals surface area (Å²) in [6.45, 7) is 0.279. The molecule has 0 aliphatic carbocycles. The fourth-order valence-corrected chi connectivity index (χ4v) is 1.62. The number of fused-ring (bicyclic) bond motifs is 1. The second kappa shape index (κ2) is 5.30. The highest BCUT2D eigenvalue weighted by Crippen LogP contribution is 2.20. The topological polar surface area (TPSA) is 105 Å². The first-order valence-corrected chi connectivity index (χ1v) is 5.57. The molecular formula is C12H11N3O4. The van der Waals surface area contributed by atoms with Gasteiger partial charge in [-0.25, -0.2) is 4.98 Å². The van der Waals surface area contributed by atoms with Crippen LogP contribution in [0.2, 0.25) is 0 Å². The molecule has 0 aliphatic rings. The minimum atomic E-state index is -0.885. The van der Waals surface area contributed by atoms with E-state index < -0.39 is 10.9 Å². The van der Waals surface area contributed by atoms with E-state index >= 15 is 0 Å². The Morgan fingerprint density at radius 2 is 2.16 bits per heavy atom. The first-order valence-electron chi connectivity index (χ1n) is 5.57. The summed E-state index contributed by atoms with van der Waals surface area (Å²) in [4.78, 5) is 24.8. The molecular weight excluding hydrogens is 250 g/mol. The monoisotopic (exact) mass is 261 g/mol. The summed E-state index contributed by atoms with van der Waals surface area (Å²) in [7, 11) is 0. The van der Waals surface area contributed by atoms with E-state index in [4.69, 9.17) is 5.11 Å². The van der Waals surface area contributed by atoms with Gasteiger partial charge in [-0.1, -0.05) is 0 Å². The van der Waals surface area contributed by atoms with Gasteiger partial charge in [-0.2, -0.15) is 0 Å². The fourth-order valence-electron chi connectivity index (χ4n) is 1.62. The average molecular weight is 261 g/mol. The van der Waals surface area contributed by atoms with Gasteiger partial charge >= 0.3 is 5.97 Å². The van der Waals surface area contributed by atoms with E-state index in [0.29, 0.717) is 16.7 Å². The molecule has 0 amide bonds. The van der Waals surface area contributed by atoms with Gasteiger partial charge in [0.15, 0.2) is 0 Å². The number of anilines is 1. The number of benzene rings is 1. The fraction of sp³-hybridized carbons (Fsp3) is 0.167. The first-order chi connectivity index (χ1) is 9.06. The lowest BCUT2D eigenvalue weighted by molar-refractivity contribution is -0.384. The molecule has 2 N–H and O–H groups in total. The number of hydrogen-bond acceptors (Lipinski definition) is 5. The number of hydrogen-bond donors (Lipinski definition) is 2. The molecule has 1 aromatic heterocycles. The molecule has 1 aromatic carbocycles. The van der Waals surface area contributed by atoms with Crippen LogP contribution in [-0.4, -0.2) is 27.5 Å². The lowest BCUT2D eigenvalue weighted by atomic mass is 10.2. The van der Waals surface area contributed by atoms with Gasteiger partial charge in [-0.3, -0.25) is 14.9 Å². The van der Waals surface area contributed by atoms with E-state index in [-0.39, 0.29) is 18.7 Å². The number of non-ortho nitro benzene ring substituents is 1. The number of rotatable bonds is 5. The molecule has 0 bridgehead atoms. The van der Waals surface area contributed by atoms with Crippen LogP contribution in [0.5, 0.6) is 0 Å². The predicted molar refractivity (Wildman–Crippen MR) is 69.1 cm³/mol. The van der Waals surface area contributed by atoms with Crippen molar-refractivity contribution in [1.82, 2.24) is 4.98 Å². The van der Waals surface area contributed by atoms with E-state index in [9.17, 15) is 14.9 Å². The van der Waals surface area contributed by atoms with Gasteiger partial charge in [-0.05, 0) is 18.2 Å². The first kappa shape index (κ1) is 12.7. The van der Waals surface area contributed by atoms with Crippen LogP contribution in [0.3, 0.4) is 0 Å². The average Bonchev–Trinajstić information content (AvgIpc) is 2.37. The molecule has 0 aliphatic heterocycles. The van der Waals surface area contributed by atoms with Crippen LogP contribution >= 0.6 is 0 Å². The molecule has 7 heteroatoms. The quantitative estimate of drug-likeness (QED) is 0.630. The Labute approximate surface area is 108 Å². The second-order valence-electron chi connectivity index (χ2n) is 3.90. The maximum atomic E-state index is 10.6. The number of carboxylic acids is 1. The van der Waals surface area contributed by atoms with E-state index in [1.165, 1.54) is 12.1 Å². The highest BCUT2D eigenvalue weighted by atomic mass is 16.6. The highest BCUT2D eigenvalue weighted by Gasteiger charge is 2.07. The molecule has 19 heavy (non-hydrogen) atoms. The van der Waals surface area contributed by atoms with Crippen molar-refractivity contribution in [2.75, 3.05) is 11.9 Å². The Bertz CT molecular complexity index is 642. The summed E-state index contributed by atoms with van der Waals surface area (Å²) in [5, 5.41) is 22.7. The number of nitro groups is 1. The van der Waals surface area contributed by atoms with Gasteiger partial charge < -0.3 is 10.4 Å². The minimum Gasteiger partial charge on any atom is -0.481 e. The summed E-state index contributed by atoms with van der Waals surface area (Å²) >= 11 is 0. The molecule has 0 atom stereocenters. The van der Waals surface area contributed by atoms with Gasteiger partial charge in [0.25, 0.3) is 5.69 Å². The number of carbonyl (C=O) groups is 1. The van der Waals surface area contributed by atoms with Crippen LogP contribution in [0.15, 0.2) is 30.3 Å². The number of aromatic nitrogens is 1. The number of nitrogens with zero attached hydrogens (tertiary/aromatic N) is 2. The Morgan fingerprint density at radius 1 is 1.37 bits per heavy atom. The summed E-state index contributed by atoms with van der Waals surface area (Å²) in [6, 6.07) is 7.77. The SMILES string of the molecule is O=C(O)CCNc1ccc2cc([N+](=O)[O-])ccc2n1. The molecule has 7 nitrogen and oxygen atoms in total. The van der Waals surface area contributed by atoms with E-state index in [1.807, 2.05) is 0 Å². The predicted octanol–water partition coefficient (Wildman–Crippen LogP) is 2.03. The molecule has 1 heterocycles.